The molecule has 2 rings (SSSR count). The average molecular weight is 231 g/mol. The van der Waals surface area contributed by atoms with Crippen LogP contribution in [0.2, 0.25) is 0 Å². The zero-order chi connectivity index (χ0) is 12.3. The van der Waals surface area contributed by atoms with Gasteiger partial charge in [0.2, 0.25) is 0 Å². The molecule has 0 bridgehead atoms. The van der Waals surface area contributed by atoms with E-state index in [1.807, 2.05) is 29.8 Å². The largest absolute Gasteiger partial charge is 0.343 e. The topological polar surface area (TPSA) is 86.5 Å². The number of aryl methyl sites for hydroxylation is 2. The predicted octanol–water partition coefficient (Wildman–Crippen LogP) is 2.34. The molecule has 2 aromatic rings. The molecule has 0 aromatic carbocycles. The first kappa shape index (κ1) is 11.3. The average Bonchev–Trinajstić information content (AvgIpc) is 2.68. The first-order chi connectivity index (χ1) is 8.22. The van der Waals surface area contributed by atoms with Gasteiger partial charge in [0.25, 0.3) is 5.56 Å². The van der Waals surface area contributed by atoms with Crippen LogP contribution in [0, 0.1) is 6.92 Å². The van der Waals surface area contributed by atoms with E-state index in [-0.39, 0.29) is 5.56 Å². The highest BCUT2D eigenvalue weighted by Gasteiger charge is 2.05. The summed E-state index contributed by atoms with van der Waals surface area (Å²) in [6.07, 6.45) is 2.61. The van der Waals surface area contributed by atoms with Crippen LogP contribution in [0.1, 0.15) is 12.1 Å². The lowest BCUT2D eigenvalue weighted by Crippen LogP contribution is -2.12. The second-order valence-electron chi connectivity index (χ2n) is 3.90. The van der Waals surface area contributed by atoms with Gasteiger partial charge in [-0.25, -0.2) is 0 Å². The van der Waals surface area contributed by atoms with E-state index in [1.54, 1.807) is 0 Å². The van der Waals surface area contributed by atoms with Crippen molar-refractivity contribution in [2.24, 2.45) is 5.11 Å². The lowest BCUT2D eigenvalue weighted by Gasteiger charge is -2.03. The molecule has 0 amide bonds. The van der Waals surface area contributed by atoms with Gasteiger partial charge >= 0.3 is 0 Å². The second kappa shape index (κ2) is 4.76. The molecule has 2 aromatic heterocycles. The third kappa shape index (κ3) is 2.32. The van der Waals surface area contributed by atoms with Crippen LogP contribution in [0.25, 0.3) is 21.3 Å². The maximum Gasteiger partial charge on any atom is 0.272 e. The third-order valence-corrected chi connectivity index (χ3v) is 2.61. The Bertz CT molecular complexity index is 633. The zero-order valence-electron chi connectivity index (χ0n) is 9.55. The van der Waals surface area contributed by atoms with Crippen molar-refractivity contribution in [3.05, 3.63) is 44.8 Å². The van der Waals surface area contributed by atoms with Crippen LogP contribution in [-0.2, 0) is 6.54 Å². The summed E-state index contributed by atoms with van der Waals surface area (Å²) in [5.41, 5.74) is 9.62. The number of rotatable bonds is 4. The summed E-state index contributed by atoms with van der Waals surface area (Å²) < 4.78 is 1.89. The number of aromatic nitrogens is 2. The first-order valence-electron chi connectivity index (χ1n) is 5.42. The highest BCUT2D eigenvalue weighted by molar-refractivity contribution is 5.79. The quantitative estimate of drug-likeness (QED) is 0.372. The molecule has 0 radical (unpaired) electrons. The fraction of sp³-hybridized carbons (Fsp3) is 0.364. The van der Waals surface area contributed by atoms with Gasteiger partial charge in [0.05, 0.1) is 0 Å². The van der Waals surface area contributed by atoms with E-state index in [1.165, 1.54) is 0 Å². The molecule has 0 aliphatic carbocycles. The van der Waals surface area contributed by atoms with Gasteiger partial charge in [-0.15, -0.1) is 0 Å². The van der Waals surface area contributed by atoms with E-state index < -0.39 is 0 Å². The van der Waals surface area contributed by atoms with Crippen LogP contribution in [0.4, 0.5) is 0 Å². The fourth-order valence-electron chi connectivity index (χ4n) is 1.92. The van der Waals surface area contributed by atoms with E-state index in [0.29, 0.717) is 18.6 Å². The summed E-state index contributed by atoms with van der Waals surface area (Å²) in [5.74, 6) is 0. The normalized spacial score (nSPS) is 10.4. The Morgan fingerprint density at radius 1 is 1.59 bits per heavy atom. The molecule has 1 N–H and O–H groups in total. The van der Waals surface area contributed by atoms with Gasteiger partial charge in [0, 0.05) is 35.3 Å². The van der Waals surface area contributed by atoms with Gasteiger partial charge in [-0.3, -0.25) is 4.79 Å². The number of hydrogen-bond acceptors (Lipinski definition) is 2. The van der Waals surface area contributed by atoms with Crippen molar-refractivity contribution in [2.45, 2.75) is 19.9 Å². The van der Waals surface area contributed by atoms with E-state index >= 15 is 0 Å². The monoisotopic (exact) mass is 231 g/mol. The highest BCUT2D eigenvalue weighted by Crippen LogP contribution is 2.12. The first-order valence-corrected chi connectivity index (χ1v) is 5.42. The molecule has 0 saturated carbocycles. The summed E-state index contributed by atoms with van der Waals surface area (Å²) in [5, 5.41) is 4.41. The van der Waals surface area contributed by atoms with Gasteiger partial charge in [0.15, 0.2) is 0 Å². The van der Waals surface area contributed by atoms with Crippen molar-refractivity contribution >= 4 is 10.9 Å². The minimum atomic E-state index is -0.0752. The molecule has 0 spiro atoms. The number of nitrogens with one attached hydrogen (secondary N) is 1. The maximum absolute atomic E-state index is 11.8. The minimum absolute atomic E-state index is 0.0752. The van der Waals surface area contributed by atoms with Crippen LogP contribution < -0.4 is 5.56 Å². The minimum Gasteiger partial charge on any atom is -0.343 e. The number of azide groups is 1. The Morgan fingerprint density at radius 3 is 3.18 bits per heavy atom. The Kier molecular flexibility index (Phi) is 3.16. The SMILES string of the molecule is Cc1cc2ccn(CCCN=[N+]=[N-])c2c(=O)[nH]1. The smallest absolute Gasteiger partial charge is 0.272 e. The number of fused-ring (bicyclic) bond motifs is 1. The Balaban J connectivity index is 2.30. The fourth-order valence-corrected chi connectivity index (χ4v) is 1.92. The molecular weight excluding hydrogens is 218 g/mol. The van der Waals surface area contributed by atoms with Crippen molar-refractivity contribution in [1.82, 2.24) is 9.55 Å². The molecule has 6 heteroatoms. The molecule has 0 aliphatic heterocycles. The Hall–Kier alpha value is -2.20. The second-order valence-corrected chi connectivity index (χ2v) is 3.90. The molecule has 0 aliphatic rings. The summed E-state index contributed by atoms with van der Waals surface area (Å²) in [4.78, 5) is 17.3. The van der Waals surface area contributed by atoms with Crippen molar-refractivity contribution in [3.63, 3.8) is 0 Å². The molecule has 6 nitrogen and oxygen atoms in total. The summed E-state index contributed by atoms with van der Waals surface area (Å²) in [7, 11) is 0. The van der Waals surface area contributed by atoms with Crippen molar-refractivity contribution in [1.29, 1.82) is 0 Å². The standard InChI is InChI=1S/C11H13N5O/c1-8-7-9-3-6-16(5-2-4-13-15-12)10(9)11(17)14-8/h3,6-7H,2,4-5H2,1H3,(H,14,17). The summed E-state index contributed by atoms with van der Waals surface area (Å²) in [6, 6.07) is 3.87. The molecule has 0 unspecified atom stereocenters. The molecule has 17 heavy (non-hydrogen) atoms. The molecule has 0 atom stereocenters. The van der Waals surface area contributed by atoms with E-state index in [9.17, 15) is 4.79 Å². The van der Waals surface area contributed by atoms with Gasteiger partial charge in [-0.1, -0.05) is 5.11 Å². The van der Waals surface area contributed by atoms with Crippen LogP contribution in [0.3, 0.4) is 0 Å². The predicted molar refractivity (Wildman–Crippen MR) is 65.9 cm³/mol. The summed E-state index contributed by atoms with van der Waals surface area (Å²) >= 11 is 0. The number of H-pyrrole nitrogens is 1. The number of nitrogens with zero attached hydrogens (tertiary/aromatic N) is 4. The number of pyridine rings is 1. The summed E-state index contributed by atoms with van der Waals surface area (Å²) in [6.45, 7) is 2.98. The van der Waals surface area contributed by atoms with Gasteiger partial charge < -0.3 is 9.55 Å². The maximum atomic E-state index is 11.8. The van der Waals surface area contributed by atoms with Crippen molar-refractivity contribution in [3.8, 4) is 0 Å². The van der Waals surface area contributed by atoms with Crippen LogP contribution in [-0.4, -0.2) is 16.1 Å². The van der Waals surface area contributed by atoms with Crippen molar-refractivity contribution in [2.75, 3.05) is 6.54 Å². The lowest BCUT2D eigenvalue weighted by molar-refractivity contribution is 0.667. The molecule has 0 saturated heterocycles. The molecule has 0 fully saturated rings. The highest BCUT2D eigenvalue weighted by atomic mass is 16.1. The molecular formula is C11H13N5O. The number of hydrogen-bond donors (Lipinski definition) is 1. The van der Waals surface area contributed by atoms with Gasteiger partial charge in [-0.2, -0.15) is 0 Å². The Morgan fingerprint density at radius 2 is 2.41 bits per heavy atom. The molecule has 88 valence electrons. The van der Waals surface area contributed by atoms with Gasteiger partial charge in [0.1, 0.15) is 5.52 Å². The zero-order valence-corrected chi connectivity index (χ0v) is 9.55. The van der Waals surface area contributed by atoms with Crippen molar-refractivity contribution < 1.29 is 0 Å². The number of aromatic amines is 1. The van der Waals surface area contributed by atoms with Crippen LogP contribution in [0.5, 0.6) is 0 Å². The van der Waals surface area contributed by atoms with Crippen LogP contribution in [0.15, 0.2) is 28.2 Å². The van der Waals surface area contributed by atoms with E-state index in [4.69, 9.17) is 5.53 Å². The third-order valence-electron chi connectivity index (χ3n) is 2.61. The van der Waals surface area contributed by atoms with Gasteiger partial charge in [-0.05, 0) is 31.0 Å². The lowest BCUT2D eigenvalue weighted by atomic mass is 10.3. The van der Waals surface area contributed by atoms with E-state index in [2.05, 4.69) is 15.0 Å². The molecule has 2 heterocycles. The Labute approximate surface area is 97.5 Å². The van der Waals surface area contributed by atoms with E-state index in [0.717, 1.165) is 17.5 Å². The van der Waals surface area contributed by atoms with Crippen LogP contribution >= 0.6 is 0 Å².